The van der Waals surface area contributed by atoms with Gasteiger partial charge in [-0.25, -0.2) is 26.0 Å². The minimum absolute atomic E-state index is 0.156. The van der Waals surface area contributed by atoms with Crippen molar-refractivity contribution in [1.29, 1.82) is 0 Å². The maximum absolute atomic E-state index is 14.2. The summed E-state index contributed by atoms with van der Waals surface area (Å²) >= 11 is 11.7. The average Bonchev–Trinajstić information content (AvgIpc) is 2.72. The van der Waals surface area contributed by atoms with E-state index in [9.17, 15) is 35.2 Å². The zero-order valence-corrected chi connectivity index (χ0v) is 18.5. The second-order valence-corrected chi connectivity index (χ2v) is 9.34. The number of nitrogens with zero attached hydrogens (tertiary/aromatic N) is 1. The second-order valence-electron chi connectivity index (χ2n) is 6.62. The fourth-order valence-electron chi connectivity index (χ4n) is 2.86. The number of ether oxygens (including phenoxy) is 2. The Hall–Kier alpha value is -2.35. The van der Waals surface area contributed by atoms with Crippen LogP contribution in [0.5, 0.6) is 11.5 Å². The Labute approximate surface area is 194 Å². The number of rotatable bonds is 8. The highest BCUT2D eigenvalue weighted by Crippen LogP contribution is 2.37. The molecule has 0 atom stereocenters. The van der Waals surface area contributed by atoms with Crippen molar-refractivity contribution in [2.24, 2.45) is 0 Å². The summed E-state index contributed by atoms with van der Waals surface area (Å²) in [7, 11) is -4.97. The van der Waals surface area contributed by atoms with Crippen LogP contribution in [0.25, 0.3) is 0 Å². The molecule has 1 fully saturated rings. The molecule has 0 unspecified atom stereocenters. The SMILES string of the molecule is O=C(COc1ccc(Cl)cc1Cl)NC1CN(S(=O)(=O)c2c(F)c(F)c(F)c(F)c2OCF)C1. The van der Waals surface area contributed by atoms with Gasteiger partial charge in [-0.1, -0.05) is 23.2 Å². The summed E-state index contributed by atoms with van der Waals surface area (Å²) in [6.07, 6.45) is 0. The van der Waals surface area contributed by atoms with E-state index < -0.39 is 82.4 Å². The largest absolute Gasteiger partial charge is 0.482 e. The number of amides is 1. The maximum atomic E-state index is 14.2. The summed E-state index contributed by atoms with van der Waals surface area (Å²) in [6, 6.07) is 3.55. The van der Waals surface area contributed by atoms with Crippen LogP contribution in [0.15, 0.2) is 23.1 Å². The molecule has 180 valence electrons. The quantitative estimate of drug-likeness (QED) is 0.318. The third-order valence-electron chi connectivity index (χ3n) is 4.45. The van der Waals surface area contributed by atoms with Crippen molar-refractivity contribution in [2.75, 3.05) is 26.6 Å². The predicted molar refractivity (Wildman–Crippen MR) is 106 cm³/mol. The first-order valence-corrected chi connectivity index (χ1v) is 11.1. The monoisotopic (exact) mass is 534 g/mol. The van der Waals surface area contributed by atoms with Gasteiger partial charge < -0.3 is 14.8 Å². The minimum Gasteiger partial charge on any atom is -0.482 e. The van der Waals surface area contributed by atoms with Crippen LogP contribution >= 0.6 is 23.2 Å². The molecule has 1 amide bonds. The molecular formula is C18H13Cl2F5N2O5S. The van der Waals surface area contributed by atoms with E-state index in [0.29, 0.717) is 9.33 Å². The van der Waals surface area contributed by atoms with Crippen LogP contribution in [0.4, 0.5) is 22.0 Å². The number of hydrogen-bond donors (Lipinski definition) is 1. The van der Waals surface area contributed by atoms with Crippen molar-refractivity contribution in [3.8, 4) is 11.5 Å². The number of carbonyl (C=O) groups excluding carboxylic acids is 1. The summed E-state index contributed by atoms with van der Waals surface area (Å²) in [5.74, 6) is -11.3. The first-order valence-electron chi connectivity index (χ1n) is 8.89. The van der Waals surface area contributed by atoms with E-state index >= 15 is 0 Å². The Kier molecular flexibility index (Phi) is 7.56. The van der Waals surface area contributed by atoms with Gasteiger partial charge in [0.2, 0.25) is 28.5 Å². The lowest BCUT2D eigenvalue weighted by molar-refractivity contribution is -0.124. The van der Waals surface area contributed by atoms with Crippen molar-refractivity contribution in [1.82, 2.24) is 9.62 Å². The number of benzene rings is 2. The number of carbonyl (C=O) groups is 1. The zero-order chi connectivity index (χ0) is 24.5. The Bertz CT molecular complexity index is 1200. The summed E-state index contributed by atoms with van der Waals surface area (Å²) < 4.78 is 103. The molecule has 7 nitrogen and oxygen atoms in total. The molecule has 2 aromatic rings. The normalized spacial score (nSPS) is 14.6. The van der Waals surface area contributed by atoms with Gasteiger partial charge in [-0.2, -0.15) is 8.70 Å². The van der Waals surface area contributed by atoms with Crippen molar-refractivity contribution < 1.29 is 44.6 Å². The van der Waals surface area contributed by atoms with Gasteiger partial charge in [-0.15, -0.1) is 0 Å². The number of alkyl halides is 1. The van der Waals surface area contributed by atoms with Crippen molar-refractivity contribution >= 4 is 39.1 Å². The standard InChI is InChI=1S/C18H13Cl2F5N2O5S/c19-8-1-2-11(10(20)3-8)31-6-12(28)26-9-4-27(5-9)33(29,30)18-16(25)14(23)13(22)15(24)17(18)32-7-21/h1-3,9H,4-7H2,(H,26,28). The molecule has 0 bridgehead atoms. The van der Waals surface area contributed by atoms with Gasteiger partial charge in [0.15, 0.2) is 28.9 Å². The summed E-state index contributed by atoms with van der Waals surface area (Å²) in [5, 5.41) is 2.93. The van der Waals surface area contributed by atoms with Crippen molar-refractivity contribution in [3.05, 3.63) is 51.5 Å². The van der Waals surface area contributed by atoms with Gasteiger partial charge >= 0.3 is 0 Å². The molecule has 1 aliphatic rings. The van der Waals surface area contributed by atoms with E-state index in [4.69, 9.17) is 27.9 Å². The Balaban J connectivity index is 1.66. The highest BCUT2D eigenvalue weighted by molar-refractivity contribution is 7.89. The average molecular weight is 535 g/mol. The molecule has 15 heteroatoms. The lowest BCUT2D eigenvalue weighted by Crippen LogP contribution is -2.61. The highest BCUT2D eigenvalue weighted by atomic mass is 35.5. The van der Waals surface area contributed by atoms with Crippen LogP contribution in [-0.4, -0.2) is 51.2 Å². The van der Waals surface area contributed by atoms with Gasteiger partial charge in [-0.3, -0.25) is 4.79 Å². The van der Waals surface area contributed by atoms with Gasteiger partial charge in [0.05, 0.1) is 11.1 Å². The van der Waals surface area contributed by atoms with E-state index in [2.05, 4.69) is 10.1 Å². The topological polar surface area (TPSA) is 84.9 Å². The molecule has 1 N–H and O–H groups in total. The van der Waals surface area contributed by atoms with E-state index in [1.165, 1.54) is 18.2 Å². The van der Waals surface area contributed by atoms with Crippen LogP contribution in [0.3, 0.4) is 0 Å². The number of sulfonamides is 1. The van der Waals surface area contributed by atoms with Crippen LogP contribution < -0.4 is 14.8 Å². The van der Waals surface area contributed by atoms with E-state index in [1.54, 1.807) is 0 Å². The summed E-state index contributed by atoms with van der Waals surface area (Å²) in [4.78, 5) is 10.3. The fraction of sp³-hybridized carbons (Fsp3) is 0.278. The summed E-state index contributed by atoms with van der Waals surface area (Å²) in [6.45, 7) is -3.17. The third-order valence-corrected chi connectivity index (χ3v) is 6.83. The van der Waals surface area contributed by atoms with E-state index in [0.717, 1.165) is 0 Å². The molecule has 1 saturated heterocycles. The lowest BCUT2D eigenvalue weighted by atomic mass is 10.2. The van der Waals surface area contributed by atoms with Crippen LogP contribution in [-0.2, 0) is 14.8 Å². The van der Waals surface area contributed by atoms with E-state index in [-0.39, 0.29) is 10.8 Å². The van der Waals surface area contributed by atoms with Gasteiger partial charge in [0.1, 0.15) is 5.75 Å². The molecule has 0 aromatic heterocycles. The summed E-state index contributed by atoms with van der Waals surface area (Å²) in [5.41, 5.74) is 0. The molecular weight excluding hydrogens is 522 g/mol. The number of nitrogens with one attached hydrogen (secondary N) is 1. The van der Waals surface area contributed by atoms with Crippen LogP contribution in [0.1, 0.15) is 0 Å². The molecule has 1 heterocycles. The molecule has 0 aliphatic carbocycles. The molecule has 0 spiro atoms. The second kappa shape index (κ2) is 9.87. The zero-order valence-electron chi connectivity index (χ0n) is 16.2. The van der Waals surface area contributed by atoms with E-state index in [1.807, 2.05) is 0 Å². The molecule has 1 aliphatic heterocycles. The number of halogens is 7. The Morgan fingerprint density at radius 3 is 2.30 bits per heavy atom. The lowest BCUT2D eigenvalue weighted by Gasteiger charge is -2.38. The first kappa shape index (κ1) is 25.3. The molecule has 0 radical (unpaired) electrons. The van der Waals surface area contributed by atoms with Gasteiger partial charge in [0, 0.05) is 18.1 Å². The maximum Gasteiger partial charge on any atom is 0.258 e. The van der Waals surface area contributed by atoms with Gasteiger partial charge in [-0.05, 0) is 18.2 Å². The molecule has 33 heavy (non-hydrogen) atoms. The van der Waals surface area contributed by atoms with Crippen molar-refractivity contribution in [3.63, 3.8) is 0 Å². The minimum atomic E-state index is -4.97. The predicted octanol–water partition coefficient (Wildman–Crippen LogP) is 3.42. The Morgan fingerprint density at radius 1 is 1.06 bits per heavy atom. The fourth-order valence-corrected chi connectivity index (χ4v) is 5.04. The molecule has 3 rings (SSSR count). The van der Waals surface area contributed by atoms with Crippen LogP contribution in [0, 0.1) is 23.3 Å². The Morgan fingerprint density at radius 2 is 1.70 bits per heavy atom. The van der Waals surface area contributed by atoms with Crippen molar-refractivity contribution in [2.45, 2.75) is 10.9 Å². The van der Waals surface area contributed by atoms with Crippen LogP contribution in [0.2, 0.25) is 10.0 Å². The molecule has 2 aromatic carbocycles. The smallest absolute Gasteiger partial charge is 0.258 e. The first-order chi connectivity index (χ1) is 15.5. The van der Waals surface area contributed by atoms with Gasteiger partial charge in [0.25, 0.3) is 5.91 Å². The highest BCUT2D eigenvalue weighted by Gasteiger charge is 2.43. The number of hydrogen-bond acceptors (Lipinski definition) is 5. The third kappa shape index (κ3) is 5.10. The molecule has 0 saturated carbocycles.